The van der Waals surface area contributed by atoms with Gasteiger partial charge in [0.05, 0.1) is 26.4 Å². The lowest BCUT2D eigenvalue weighted by Gasteiger charge is -2.21. The summed E-state index contributed by atoms with van der Waals surface area (Å²) >= 11 is 0. The van der Waals surface area contributed by atoms with Crippen molar-refractivity contribution in [1.82, 2.24) is 15.5 Å². The van der Waals surface area contributed by atoms with E-state index in [1.54, 1.807) is 7.11 Å². The van der Waals surface area contributed by atoms with Crippen LogP contribution in [-0.4, -0.2) is 76.4 Å². The Morgan fingerprint density at radius 2 is 2.18 bits per heavy atom. The van der Waals surface area contributed by atoms with Crippen molar-refractivity contribution < 1.29 is 14.3 Å². The van der Waals surface area contributed by atoms with Gasteiger partial charge < -0.3 is 25.0 Å². The molecular weight excluding hydrogens is 284 g/mol. The van der Waals surface area contributed by atoms with Gasteiger partial charge in [-0.05, 0) is 13.3 Å². The first-order valence-electron chi connectivity index (χ1n) is 8.01. The molecule has 2 N–H and O–H groups in total. The van der Waals surface area contributed by atoms with Crippen molar-refractivity contribution in [3.63, 3.8) is 0 Å². The molecule has 1 unspecified atom stereocenters. The van der Waals surface area contributed by atoms with E-state index < -0.39 is 0 Å². The van der Waals surface area contributed by atoms with Crippen LogP contribution in [0, 0.1) is 5.92 Å². The minimum atomic E-state index is -0.0188. The first-order chi connectivity index (χ1) is 10.7. The first kappa shape index (κ1) is 18.7. The van der Waals surface area contributed by atoms with Crippen LogP contribution in [-0.2, 0) is 14.3 Å². The molecule has 1 heterocycles. The van der Waals surface area contributed by atoms with E-state index in [2.05, 4.69) is 27.4 Å². The van der Waals surface area contributed by atoms with Crippen LogP contribution in [0.15, 0.2) is 4.99 Å². The smallest absolute Gasteiger partial charge is 0.216 e. The van der Waals surface area contributed by atoms with E-state index in [-0.39, 0.29) is 5.91 Å². The number of guanidine groups is 1. The van der Waals surface area contributed by atoms with Crippen LogP contribution in [0.3, 0.4) is 0 Å². The number of nitrogens with one attached hydrogen (secondary N) is 2. The highest BCUT2D eigenvalue weighted by atomic mass is 16.5. The maximum absolute atomic E-state index is 10.9. The van der Waals surface area contributed by atoms with Crippen molar-refractivity contribution in [2.24, 2.45) is 10.9 Å². The molecule has 0 saturated carbocycles. The molecule has 0 radical (unpaired) electrons. The van der Waals surface area contributed by atoms with E-state index in [0.29, 0.717) is 32.2 Å². The molecule has 7 nitrogen and oxygen atoms in total. The maximum Gasteiger partial charge on any atom is 0.216 e. The molecule has 1 amide bonds. The summed E-state index contributed by atoms with van der Waals surface area (Å²) in [7, 11) is 1.68. The number of hydrogen-bond acceptors (Lipinski definition) is 4. The van der Waals surface area contributed by atoms with Crippen LogP contribution in [0.4, 0.5) is 0 Å². The lowest BCUT2D eigenvalue weighted by atomic mass is 10.1. The van der Waals surface area contributed by atoms with Crippen LogP contribution < -0.4 is 10.6 Å². The number of carbonyl (C=O) groups is 1. The number of amides is 1. The summed E-state index contributed by atoms with van der Waals surface area (Å²) in [6.45, 7) is 9.59. The molecule has 0 bridgehead atoms. The third-order valence-electron chi connectivity index (χ3n) is 3.45. The quantitative estimate of drug-likeness (QED) is 0.358. The van der Waals surface area contributed by atoms with Crippen molar-refractivity contribution in [3.05, 3.63) is 0 Å². The van der Waals surface area contributed by atoms with Gasteiger partial charge in [-0.2, -0.15) is 0 Å². The van der Waals surface area contributed by atoms with Gasteiger partial charge in [0.15, 0.2) is 5.96 Å². The van der Waals surface area contributed by atoms with Crippen molar-refractivity contribution in [1.29, 1.82) is 0 Å². The minimum Gasteiger partial charge on any atom is -0.382 e. The van der Waals surface area contributed by atoms with E-state index >= 15 is 0 Å². The molecule has 0 aromatic carbocycles. The van der Waals surface area contributed by atoms with Crippen LogP contribution in [0.2, 0.25) is 0 Å². The molecule has 1 aliphatic heterocycles. The number of nitrogens with zero attached hydrogens (tertiary/aromatic N) is 2. The molecule has 1 rings (SSSR count). The Labute approximate surface area is 133 Å². The minimum absolute atomic E-state index is 0.0188. The highest BCUT2D eigenvalue weighted by Crippen LogP contribution is 2.16. The Bertz CT molecular complexity index is 350. The van der Waals surface area contributed by atoms with E-state index in [1.807, 2.05) is 0 Å². The summed E-state index contributed by atoms with van der Waals surface area (Å²) in [5.74, 6) is 1.44. The lowest BCUT2D eigenvalue weighted by molar-refractivity contribution is -0.118. The number of carbonyl (C=O) groups excluding carboxylic acids is 1. The van der Waals surface area contributed by atoms with Gasteiger partial charge in [-0.3, -0.25) is 9.79 Å². The molecule has 1 atom stereocenters. The summed E-state index contributed by atoms with van der Waals surface area (Å²) in [6, 6.07) is 0. The van der Waals surface area contributed by atoms with Crippen molar-refractivity contribution >= 4 is 11.9 Å². The van der Waals surface area contributed by atoms with Gasteiger partial charge in [0.2, 0.25) is 5.91 Å². The fourth-order valence-corrected chi connectivity index (χ4v) is 2.37. The Morgan fingerprint density at radius 1 is 1.36 bits per heavy atom. The highest BCUT2D eigenvalue weighted by molar-refractivity contribution is 5.80. The normalized spacial score (nSPS) is 18.6. The summed E-state index contributed by atoms with van der Waals surface area (Å²) in [6.07, 6.45) is 1.11. The molecule has 0 aromatic rings. The predicted molar refractivity (Wildman–Crippen MR) is 87.0 cm³/mol. The SMILES string of the molecule is CCNC(=NCCNC(C)=O)N1CCC(COCCOC)C1. The zero-order chi connectivity index (χ0) is 16.2. The van der Waals surface area contributed by atoms with Crippen LogP contribution in [0.1, 0.15) is 20.3 Å². The third kappa shape index (κ3) is 7.61. The Balaban J connectivity index is 2.34. The summed E-state index contributed by atoms with van der Waals surface area (Å²) in [4.78, 5) is 17.7. The van der Waals surface area contributed by atoms with Gasteiger partial charge in [0.1, 0.15) is 0 Å². The summed E-state index contributed by atoms with van der Waals surface area (Å²) < 4.78 is 10.6. The lowest BCUT2D eigenvalue weighted by Crippen LogP contribution is -2.40. The van der Waals surface area contributed by atoms with E-state index in [1.165, 1.54) is 6.92 Å². The molecule has 128 valence electrons. The second-order valence-corrected chi connectivity index (χ2v) is 5.39. The van der Waals surface area contributed by atoms with Crippen molar-refractivity contribution in [3.8, 4) is 0 Å². The van der Waals surface area contributed by atoms with Gasteiger partial charge in [0.25, 0.3) is 0 Å². The predicted octanol–water partition coefficient (Wildman–Crippen LogP) is 0.0729. The van der Waals surface area contributed by atoms with Gasteiger partial charge in [-0.1, -0.05) is 0 Å². The third-order valence-corrected chi connectivity index (χ3v) is 3.45. The van der Waals surface area contributed by atoms with Gasteiger partial charge >= 0.3 is 0 Å². The zero-order valence-electron chi connectivity index (χ0n) is 14.1. The van der Waals surface area contributed by atoms with E-state index in [0.717, 1.165) is 38.6 Å². The number of aliphatic imine (C=N–C) groups is 1. The highest BCUT2D eigenvalue weighted by Gasteiger charge is 2.24. The Morgan fingerprint density at radius 3 is 2.86 bits per heavy atom. The zero-order valence-corrected chi connectivity index (χ0v) is 14.1. The molecule has 1 aliphatic rings. The molecule has 0 spiro atoms. The molecular formula is C15H30N4O3. The number of rotatable bonds is 9. The van der Waals surface area contributed by atoms with Gasteiger partial charge in [-0.25, -0.2) is 0 Å². The maximum atomic E-state index is 10.9. The van der Waals surface area contributed by atoms with Crippen LogP contribution >= 0.6 is 0 Å². The number of likely N-dealkylation sites (tertiary alicyclic amines) is 1. The Hall–Kier alpha value is -1.34. The topological polar surface area (TPSA) is 75.2 Å². The number of ether oxygens (including phenoxy) is 2. The molecule has 1 fully saturated rings. The Kier molecular flexibility index (Phi) is 9.57. The first-order valence-corrected chi connectivity index (χ1v) is 8.01. The fourth-order valence-electron chi connectivity index (χ4n) is 2.37. The molecule has 7 heteroatoms. The largest absolute Gasteiger partial charge is 0.382 e. The second-order valence-electron chi connectivity index (χ2n) is 5.39. The fraction of sp³-hybridized carbons (Fsp3) is 0.867. The van der Waals surface area contributed by atoms with Crippen LogP contribution in [0.5, 0.6) is 0 Å². The van der Waals surface area contributed by atoms with Crippen molar-refractivity contribution in [2.75, 3.05) is 59.7 Å². The van der Waals surface area contributed by atoms with Gasteiger partial charge in [-0.15, -0.1) is 0 Å². The van der Waals surface area contributed by atoms with Crippen LogP contribution in [0.25, 0.3) is 0 Å². The molecule has 0 aliphatic carbocycles. The van der Waals surface area contributed by atoms with E-state index in [9.17, 15) is 4.79 Å². The average molecular weight is 314 g/mol. The second kappa shape index (κ2) is 11.3. The molecule has 0 aromatic heterocycles. The standard InChI is InChI=1S/C15H30N4O3/c1-4-16-15(18-7-6-17-13(2)20)19-8-5-14(11-19)12-22-10-9-21-3/h14H,4-12H2,1-3H3,(H,16,18)(H,17,20). The average Bonchev–Trinajstić information content (AvgIpc) is 2.95. The van der Waals surface area contributed by atoms with Gasteiger partial charge in [0, 0.05) is 46.1 Å². The molecule has 22 heavy (non-hydrogen) atoms. The number of hydrogen-bond donors (Lipinski definition) is 2. The van der Waals surface area contributed by atoms with E-state index in [4.69, 9.17) is 9.47 Å². The number of methoxy groups -OCH3 is 1. The molecule has 1 saturated heterocycles. The monoisotopic (exact) mass is 314 g/mol. The van der Waals surface area contributed by atoms with Crippen molar-refractivity contribution in [2.45, 2.75) is 20.3 Å². The summed E-state index contributed by atoms with van der Waals surface area (Å²) in [5, 5.41) is 6.07. The summed E-state index contributed by atoms with van der Waals surface area (Å²) in [5.41, 5.74) is 0.